The molecule has 1 aromatic carbocycles. The Morgan fingerprint density at radius 3 is 2.00 bits per heavy atom. The molecule has 0 saturated heterocycles. The van der Waals surface area contributed by atoms with Crippen molar-refractivity contribution >= 4 is 18.4 Å². The molecule has 0 aliphatic rings. The third-order valence-electron chi connectivity index (χ3n) is 3.05. The summed E-state index contributed by atoms with van der Waals surface area (Å²) in [6, 6.07) is 8.30. The maximum Gasteiger partial charge on any atom is 0.335 e. The zero-order chi connectivity index (χ0) is 15.2. The lowest BCUT2D eigenvalue weighted by Gasteiger charge is -2.17. The van der Waals surface area contributed by atoms with E-state index in [0.29, 0.717) is 12.2 Å². The fraction of sp³-hybridized carbons (Fsp3) is 0.562. The Hall–Kier alpha value is -1.10. The minimum atomic E-state index is -0.879. The van der Waals surface area contributed by atoms with Crippen LogP contribution in [0.25, 0.3) is 0 Å². The summed E-state index contributed by atoms with van der Waals surface area (Å²) in [6.45, 7) is 8.21. The maximum atomic E-state index is 10.2. The lowest BCUT2D eigenvalue weighted by molar-refractivity contribution is 0.0697. The standard InChI is InChI=1S/C9H21NO.C7H6O2.ClH/c1-3-10(4-2)8-6-5-7-9-11;8-7(9)6-4-2-1-3-5-6;/h11H,3-9H2,1-2H3;1-5H,(H,8,9);1H. The van der Waals surface area contributed by atoms with Crippen LogP contribution in [0.15, 0.2) is 30.3 Å². The molecule has 0 aliphatic heterocycles. The van der Waals surface area contributed by atoms with E-state index in [4.69, 9.17) is 10.2 Å². The summed E-state index contributed by atoms with van der Waals surface area (Å²) < 4.78 is 0. The summed E-state index contributed by atoms with van der Waals surface area (Å²) in [7, 11) is 0. The normalized spacial score (nSPS) is 9.52. The summed E-state index contributed by atoms with van der Waals surface area (Å²) in [6.07, 6.45) is 3.34. The first-order chi connectivity index (χ1) is 9.65. The van der Waals surface area contributed by atoms with E-state index in [1.54, 1.807) is 30.3 Å². The van der Waals surface area contributed by atoms with E-state index < -0.39 is 5.97 Å². The van der Waals surface area contributed by atoms with E-state index >= 15 is 0 Å². The predicted octanol–water partition coefficient (Wildman–Crippen LogP) is 3.30. The van der Waals surface area contributed by atoms with E-state index in [1.165, 1.54) is 13.0 Å². The molecule has 0 aliphatic carbocycles. The van der Waals surface area contributed by atoms with E-state index in [-0.39, 0.29) is 12.4 Å². The minimum Gasteiger partial charge on any atom is -0.478 e. The largest absolute Gasteiger partial charge is 0.478 e. The first-order valence-corrected chi connectivity index (χ1v) is 7.27. The Morgan fingerprint density at radius 1 is 1.05 bits per heavy atom. The predicted molar refractivity (Wildman–Crippen MR) is 89.4 cm³/mol. The molecule has 2 N–H and O–H groups in total. The third-order valence-corrected chi connectivity index (χ3v) is 3.05. The molecule has 4 nitrogen and oxygen atoms in total. The number of hydrogen-bond donors (Lipinski definition) is 2. The van der Waals surface area contributed by atoms with Crippen LogP contribution < -0.4 is 0 Å². The molecule has 1 aromatic rings. The van der Waals surface area contributed by atoms with Gasteiger partial charge in [0.15, 0.2) is 0 Å². The van der Waals surface area contributed by atoms with Gasteiger partial charge in [-0.25, -0.2) is 4.79 Å². The number of carbonyl (C=O) groups is 1. The SMILES string of the molecule is CCN(CC)CCCCCO.Cl.O=C(O)c1ccccc1. The van der Waals surface area contributed by atoms with Gasteiger partial charge in [-0.2, -0.15) is 0 Å². The van der Waals surface area contributed by atoms with Crippen LogP contribution in [0.5, 0.6) is 0 Å². The number of nitrogens with zero attached hydrogens (tertiary/aromatic N) is 1. The molecule has 0 unspecified atom stereocenters. The van der Waals surface area contributed by atoms with Crippen LogP contribution in [0.1, 0.15) is 43.5 Å². The van der Waals surface area contributed by atoms with Crippen molar-refractivity contribution < 1.29 is 15.0 Å². The number of carboxylic acid groups (broad SMARTS) is 1. The highest BCUT2D eigenvalue weighted by Gasteiger charge is 1.97. The number of unbranched alkanes of at least 4 members (excludes halogenated alkanes) is 2. The fourth-order valence-electron chi connectivity index (χ4n) is 1.74. The van der Waals surface area contributed by atoms with E-state index in [2.05, 4.69) is 18.7 Å². The molecule has 0 saturated carbocycles. The fourth-order valence-corrected chi connectivity index (χ4v) is 1.74. The minimum absolute atomic E-state index is 0. The molecule has 0 heterocycles. The smallest absolute Gasteiger partial charge is 0.335 e. The van der Waals surface area contributed by atoms with Gasteiger partial charge in [0.1, 0.15) is 0 Å². The molecule has 5 heteroatoms. The number of aliphatic hydroxyl groups excluding tert-OH is 1. The van der Waals surface area contributed by atoms with Crippen molar-refractivity contribution in [2.24, 2.45) is 0 Å². The third kappa shape index (κ3) is 12.4. The van der Waals surface area contributed by atoms with Gasteiger partial charge in [0.05, 0.1) is 5.56 Å². The van der Waals surface area contributed by atoms with Gasteiger partial charge in [0, 0.05) is 6.61 Å². The van der Waals surface area contributed by atoms with Gasteiger partial charge in [-0.1, -0.05) is 32.0 Å². The zero-order valence-corrected chi connectivity index (χ0v) is 13.8. The first-order valence-electron chi connectivity index (χ1n) is 7.27. The number of rotatable bonds is 8. The number of aliphatic hydroxyl groups is 1. The Balaban J connectivity index is 0. The van der Waals surface area contributed by atoms with E-state index in [0.717, 1.165) is 25.9 Å². The number of halogens is 1. The molecule has 0 radical (unpaired) electrons. The van der Waals surface area contributed by atoms with E-state index in [1.807, 2.05) is 0 Å². The molecular weight excluding hydrogens is 290 g/mol. The highest BCUT2D eigenvalue weighted by atomic mass is 35.5. The number of aromatic carboxylic acids is 1. The van der Waals surface area contributed by atoms with Gasteiger partial charge >= 0.3 is 5.97 Å². The summed E-state index contributed by atoms with van der Waals surface area (Å²) >= 11 is 0. The summed E-state index contributed by atoms with van der Waals surface area (Å²) in [5, 5.41) is 16.9. The van der Waals surface area contributed by atoms with Gasteiger partial charge in [0.2, 0.25) is 0 Å². The van der Waals surface area contributed by atoms with Crippen LogP contribution in [0.3, 0.4) is 0 Å². The van der Waals surface area contributed by atoms with Gasteiger partial charge in [-0.3, -0.25) is 0 Å². The van der Waals surface area contributed by atoms with Crippen LogP contribution in [0.2, 0.25) is 0 Å². The van der Waals surface area contributed by atoms with Crippen molar-refractivity contribution in [2.75, 3.05) is 26.2 Å². The molecule has 0 aromatic heterocycles. The molecule has 0 spiro atoms. The Kier molecular flexibility index (Phi) is 16.2. The van der Waals surface area contributed by atoms with Gasteiger partial charge in [-0.15, -0.1) is 12.4 Å². The molecule has 21 heavy (non-hydrogen) atoms. The quantitative estimate of drug-likeness (QED) is 0.722. The lowest BCUT2D eigenvalue weighted by Crippen LogP contribution is -2.23. The topological polar surface area (TPSA) is 60.8 Å². The number of carboxylic acids is 1. The lowest BCUT2D eigenvalue weighted by atomic mass is 10.2. The molecule has 122 valence electrons. The monoisotopic (exact) mass is 317 g/mol. The van der Waals surface area contributed by atoms with Crippen molar-refractivity contribution in [1.29, 1.82) is 0 Å². The van der Waals surface area contributed by atoms with Crippen molar-refractivity contribution in [1.82, 2.24) is 4.90 Å². The highest BCUT2D eigenvalue weighted by molar-refractivity contribution is 5.87. The van der Waals surface area contributed by atoms with Gasteiger partial charge in [-0.05, 0) is 51.0 Å². The summed E-state index contributed by atoms with van der Waals surface area (Å²) in [4.78, 5) is 12.6. The van der Waals surface area contributed by atoms with E-state index in [9.17, 15) is 4.79 Å². The average Bonchev–Trinajstić information content (AvgIpc) is 2.49. The van der Waals surface area contributed by atoms with Crippen molar-refractivity contribution in [3.8, 4) is 0 Å². The summed E-state index contributed by atoms with van der Waals surface area (Å²) in [5.74, 6) is -0.879. The molecule has 0 amide bonds. The second-order valence-electron chi connectivity index (χ2n) is 4.48. The zero-order valence-electron chi connectivity index (χ0n) is 13.0. The van der Waals surface area contributed by atoms with Gasteiger partial charge < -0.3 is 15.1 Å². The van der Waals surface area contributed by atoms with Crippen molar-refractivity contribution in [3.63, 3.8) is 0 Å². The average molecular weight is 318 g/mol. The molecule has 0 atom stereocenters. The second-order valence-corrected chi connectivity index (χ2v) is 4.48. The molecule has 1 rings (SSSR count). The highest BCUT2D eigenvalue weighted by Crippen LogP contribution is 1.97. The maximum absolute atomic E-state index is 10.2. The molecule has 0 fully saturated rings. The van der Waals surface area contributed by atoms with Crippen molar-refractivity contribution in [2.45, 2.75) is 33.1 Å². The van der Waals surface area contributed by atoms with Crippen molar-refractivity contribution in [3.05, 3.63) is 35.9 Å². The van der Waals surface area contributed by atoms with Crippen LogP contribution in [0.4, 0.5) is 0 Å². The molecular formula is C16H28ClNO3. The molecule has 0 bridgehead atoms. The first kappa shape index (κ1) is 22.2. The van der Waals surface area contributed by atoms with Crippen LogP contribution in [-0.2, 0) is 0 Å². The number of hydrogen-bond acceptors (Lipinski definition) is 3. The van der Waals surface area contributed by atoms with Gasteiger partial charge in [0.25, 0.3) is 0 Å². The van der Waals surface area contributed by atoms with Crippen LogP contribution in [0, 0.1) is 0 Å². The summed E-state index contributed by atoms with van der Waals surface area (Å²) in [5.41, 5.74) is 0.331. The van der Waals surface area contributed by atoms with Crippen LogP contribution in [-0.4, -0.2) is 47.3 Å². The Labute approximate surface area is 134 Å². The second kappa shape index (κ2) is 15.3. The Morgan fingerprint density at radius 2 is 1.62 bits per heavy atom. The number of benzene rings is 1. The van der Waals surface area contributed by atoms with Crippen LogP contribution >= 0.6 is 12.4 Å². The Bertz CT molecular complexity index is 343.